The Balaban J connectivity index is 1.53. The van der Waals surface area contributed by atoms with Gasteiger partial charge in [-0.15, -0.1) is 0 Å². The number of rotatable bonds is 6. The van der Waals surface area contributed by atoms with E-state index in [9.17, 15) is 9.90 Å². The molecule has 0 radical (unpaired) electrons. The molecule has 1 heterocycles. The monoisotopic (exact) mass is 341 g/mol. The quantitative estimate of drug-likeness (QED) is 0.877. The van der Waals surface area contributed by atoms with Gasteiger partial charge < -0.3 is 19.5 Å². The third kappa shape index (κ3) is 3.94. The number of nitrogens with zero attached hydrogens (tertiary/aromatic N) is 1. The highest BCUT2D eigenvalue weighted by Gasteiger charge is 2.35. The lowest BCUT2D eigenvalue weighted by Crippen LogP contribution is -2.57. The number of aryl methyl sites for hydroxylation is 1. The molecule has 0 aliphatic carbocycles. The minimum Gasteiger partial charge on any atom is -0.497 e. The fourth-order valence-corrected chi connectivity index (χ4v) is 2.83. The molecule has 3 rings (SSSR count). The molecule has 0 saturated carbocycles. The van der Waals surface area contributed by atoms with Crippen LogP contribution in [0.1, 0.15) is 24.2 Å². The van der Waals surface area contributed by atoms with Gasteiger partial charge >= 0.3 is 0 Å². The van der Waals surface area contributed by atoms with E-state index in [4.69, 9.17) is 9.47 Å². The molecule has 0 aromatic heterocycles. The number of benzene rings is 2. The average molecular weight is 341 g/mol. The highest BCUT2D eigenvalue weighted by Crippen LogP contribution is 2.24. The summed E-state index contributed by atoms with van der Waals surface area (Å²) in [5.74, 6) is 1.22. The summed E-state index contributed by atoms with van der Waals surface area (Å²) < 4.78 is 11.0. The summed E-state index contributed by atoms with van der Waals surface area (Å²) in [6.45, 7) is 3.08. The van der Waals surface area contributed by atoms with Crippen LogP contribution in [-0.2, 0) is 11.2 Å². The van der Waals surface area contributed by atoms with Crippen LogP contribution in [0.3, 0.4) is 0 Å². The Morgan fingerprint density at radius 3 is 2.56 bits per heavy atom. The lowest BCUT2D eigenvalue weighted by Gasteiger charge is -2.40. The van der Waals surface area contributed by atoms with Crippen molar-refractivity contribution in [2.24, 2.45) is 0 Å². The number of methoxy groups -OCH3 is 1. The van der Waals surface area contributed by atoms with Crippen molar-refractivity contribution >= 4 is 5.91 Å². The fourth-order valence-electron chi connectivity index (χ4n) is 2.83. The molecule has 1 saturated heterocycles. The van der Waals surface area contributed by atoms with Gasteiger partial charge in [0.2, 0.25) is 0 Å². The SMILES string of the molecule is CCc1cccc(OC2CN(C(=O)C(O)c3ccc(OC)cc3)C2)c1. The Morgan fingerprint density at radius 1 is 1.20 bits per heavy atom. The minimum absolute atomic E-state index is 0.0286. The van der Waals surface area contributed by atoms with Crippen molar-refractivity contribution in [3.63, 3.8) is 0 Å². The van der Waals surface area contributed by atoms with Gasteiger partial charge in [-0.2, -0.15) is 0 Å². The van der Waals surface area contributed by atoms with E-state index in [1.807, 2.05) is 18.2 Å². The van der Waals surface area contributed by atoms with Crippen LogP contribution < -0.4 is 9.47 Å². The number of carbonyl (C=O) groups excluding carboxylic acids is 1. The Hall–Kier alpha value is -2.53. The zero-order chi connectivity index (χ0) is 17.8. The standard InChI is InChI=1S/C20H23NO4/c1-3-14-5-4-6-17(11-14)25-18-12-21(13-18)20(23)19(22)15-7-9-16(24-2)10-8-15/h4-11,18-19,22H,3,12-13H2,1-2H3. The van der Waals surface area contributed by atoms with Crippen LogP contribution in [0, 0.1) is 0 Å². The first-order valence-electron chi connectivity index (χ1n) is 8.47. The van der Waals surface area contributed by atoms with Gasteiger partial charge in [-0.05, 0) is 41.8 Å². The number of aliphatic hydroxyl groups is 1. The number of hydrogen-bond acceptors (Lipinski definition) is 4. The van der Waals surface area contributed by atoms with Crippen molar-refractivity contribution < 1.29 is 19.4 Å². The van der Waals surface area contributed by atoms with Crippen LogP contribution >= 0.6 is 0 Å². The van der Waals surface area contributed by atoms with Crippen LogP contribution in [0.4, 0.5) is 0 Å². The maximum Gasteiger partial charge on any atom is 0.256 e. The molecule has 1 unspecified atom stereocenters. The number of likely N-dealkylation sites (tertiary alicyclic amines) is 1. The Bertz CT molecular complexity index is 723. The lowest BCUT2D eigenvalue weighted by atomic mass is 10.0. The molecule has 5 nitrogen and oxygen atoms in total. The van der Waals surface area contributed by atoms with Crippen molar-refractivity contribution in [2.75, 3.05) is 20.2 Å². The highest BCUT2D eigenvalue weighted by atomic mass is 16.5. The number of aliphatic hydroxyl groups excluding tert-OH is 1. The molecule has 1 amide bonds. The van der Waals surface area contributed by atoms with E-state index >= 15 is 0 Å². The predicted octanol–water partition coefficient (Wildman–Crippen LogP) is 2.58. The number of carbonyl (C=O) groups is 1. The molecule has 2 aromatic carbocycles. The topological polar surface area (TPSA) is 59.0 Å². The molecule has 1 aliphatic rings. The molecule has 1 aliphatic heterocycles. The van der Waals surface area contributed by atoms with Crippen LogP contribution in [-0.4, -0.2) is 42.2 Å². The molecule has 0 spiro atoms. The first-order valence-corrected chi connectivity index (χ1v) is 8.47. The summed E-state index contributed by atoms with van der Waals surface area (Å²) in [6, 6.07) is 14.9. The van der Waals surface area contributed by atoms with Crippen LogP contribution in [0.5, 0.6) is 11.5 Å². The second kappa shape index (κ2) is 7.57. The summed E-state index contributed by atoms with van der Waals surface area (Å²) in [5, 5.41) is 10.3. The molecule has 132 valence electrons. The van der Waals surface area contributed by atoms with E-state index in [1.165, 1.54) is 5.56 Å². The summed E-state index contributed by atoms with van der Waals surface area (Å²) >= 11 is 0. The van der Waals surface area contributed by atoms with Crippen molar-refractivity contribution in [1.82, 2.24) is 4.90 Å². The van der Waals surface area contributed by atoms with Crippen LogP contribution in [0.2, 0.25) is 0 Å². The summed E-state index contributed by atoms with van der Waals surface area (Å²) in [7, 11) is 1.58. The largest absolute Gasteiger partial charge is 0.497 e. The molecule has 1 fully saturated rings. The van der Waals surface area contributed by atoms with E-state index in [0.29, 0.717) is 24.4 Å². The zero-order valence-electron chi connectivity index (χ0n) is 14.5. The van der Waals surface area contributed by atoms with E-state index in [0.717, 1.165) is 12.2 Å². The second-order valence-corrected chi connectivity index (χ2v) is 6.16. The molecule has 5 heteroatoms. The smallest absolute Gasteiger partial charge is 0.256 e. The van der Waals surface area contributed by atoms with Gasteiger partial charge in [0.05, 0.1) is 20.2 Å². The number of amides is 1. The summed E-state index contributed by atoms with van der Waals surface area (Å²) in [4.78, 5) is 14.0. The van der Waals surface area contributed by atoms with Gasteiger partial charge in [0.1, 0.15) is 17.6 Å². The molecule has 2 aromatic rings. The van der Waals surface area contributed by atoms with Crippen molar-refractivity contribution in [3.8, 4) is 11.5 Å². The lowest BCUT2D eigenvalue weighted by molar-refractivity contribution is -0.149. The maximum atomic E-state index is 12.4. The first-order chi connectivity index (χ1) is 12.1. The van der Waals surface area contributed by atoms with Gasteiger partial charge in [0.25, 0.3) is 5.91 Å². The Labute approximate surface area is 147 Å². The minimum atomic E-state index is -1.16. The van der Waals surface area contributed by atoms with Gasteiger partial charge in [0.15, 0.2) is 6.10 Å². The molecule has 25 heavy (non-hydrogen) atoms. The average Bonchev–Trinajstić information content (AvgIpc) is 2.63. The van der Waals surface area contributed by atoms with Crippen molar-refractivity contribution in [2.45, 2.75) is 25.6 Å². The van der Waals surface area contributed by atoms with Crippen molar-refractivity contribution in [3.05, 3.63) is 59.7 Å². The van der Waals surface area contributed by atoms with Gasteiger partial charge in [-0.25, -0.2) is 0 Å². The Morgan fingerprint density at radius 2 is 1.92 bits per heavy atom. The maximum absolute atomic E-state index is 12.4. The van der Waals surface area contributed by atoms with Gasteiger partial charge in [0, 0.05) is 0 Å². The second-order valence-electron chi connectivity index (χ2n) is 6.16. The zero-order valence-corrected chi connectivity index (χ0v) is 14.5. The van der Waals surface area contributed by atoms with Gasteiger partial charge in [-0.3, -0.25) is 4.79 Å². The highest BCUT2D eigenvalue weighted by molar-refractivity contribution is 5.83. The summed E-state index contributed by atoms with van der Waals surface area (Å²) in [6.07, 6.45) is -0.227. The van der Waals surface area contributed by atoms with E-state index in [1.54, 1.807) is 36.3 Å². The number of hydrogen-bond donors (Lipinski definition) is 1. The number of ether oxygens (including phenoxy) is 2. The molecule has 1 N–H and O–H groups in total. The molecular weight excluding hydrogens is 318 g/mol. The van der Waals surface area contributed by atoms with E-state index in [2.05, 4.69) is 13.0 Å². The third-order valence-electron chi connectivity index (χ3n) is 4.43. The molecule has 1 atom stereocenters. The summed E-state index contributed by atoms with van der Waals surface area (Å²) in [5.41, 5.74) is 1.78. The van der Waals surface area contributed by atoms with Crippen LogP contribution in [0.25, 0.3) is 0 Å². The van der Waals surface area contributed by atoms with Crippen LogP contribution in [0.15, 0.2) is 48.5 Å². The first kappa shape index (κ1) is 17.3. The fraction of sp³-hybridized carbons (Fsp3) is 0.350. The predicted molar refractivity (Wildman–Crippen MR) is 94.8 cm³/mol. The normalized spacial score (nSPS) is 15.4. The molecule has 0 bridgehead atoms. The van der Waals surface area contributed by atoms with E-state index < -0.39 is 6.10 Å². The van der Waals surface area contributed by atoms with Crippen molar-refractivity contribution in [1.29, 1.82) is 0 Å². The molecular formula is C20H23NO4. The van der Waals surface area contributed by atoms with Gasteiger partial charge in [-0.1, -0.05) is 31.2 Å². The Kier molecular flexibility index (Phi) is 5.24. The van der Waals surface area contributed by atoms with E-state index in [-0.39, 0.29) is 12.0 Å². The third-order valence-corrected chi connectivity index (χ3v) is 4.43.